The second-order valence-corrected chi connectivity index (χ2v) is 4.04. The number of benzene rings is 1. The maximum Gasteiger partial charge on any atom is 0.185 e. The van der Waals surface area contributed by atoms with Crippen molar-refractivity contribution < 1.29 is 4.74 Å². The maximum atomic E-state index is 5.74. The molecule has 0 aliphatic carbocycles. The minimum absolute atomic E-state index is 0.656. The van der Waals surface area contributed by atoms with Crippen molar-refractivity contribution in [2.45, 2.75) is 26.3 Å². The van der Waals surface area contributed by atoms with Gasteiger partial charge in [-0.3, -0.25) is 0 Å². The predicted molar refractivity (Wildman–Crippen MR) is 69.1 cm³/mol. The number of methoxy groups -OCH3 is 1. The SMILES string of the molecule is CCCCn1nnnc1-c1ccc(N)cc1OC. The van der Waals surface area contributed by atoms with Crippen molar-refractivity contribution in [3.8, 4) is 17.1 Å². The van der Waals surface area contributed by atoms with Gasteiger partial charge in [0.25, 0.3) is 0 Å². The molecule has 1 aromatic carbocycles. The Morgan fingerprint density at radius 3 is 2.94 bits per heavy atom. The molecule has 0 aliphatic heterocycles. The number of tetrazole rings is 1. The Kier molecular flexibility index (Phi) is 3.76. The van der Waals surface area contributed by atoms with E-state index in [-0.39, 0.29) is 0 Å². The number of hydrogen-bond acceptors (Lipinski definition) is 5. The summed E-state index contributed by atoms with van der Waals surface area (Å²) in [5.74, 6) is 1.39. The van der Waals surface area contributed by atoms with E-state index in [1.54, 1.807) is 17.9 Å². The lowest BCUT2D eigenvalue weighted by Crippen LogP contribution is -2.04. The fourth-order valence-electron chi connectivity index (χ4n) is 1.75. The Labute approximate surface area is 106 Å². The summed E-state index contributed by atoms with van der Waals surface area (Å²) in [5, 5.41) is 11.8. The number of hydrogen-bond donors (Lipinski definition) is 1. The number of nitrogens with zero attached hydrogens (tertiary/aromatic N) is 4. The summed E-state index contributed by atoms with van der Waals surface area (Å²) in [6, 6.07) is 5.47. The summed E-state index contributed by atoms with van der Waals surface area (Å²) in [7, 11) is 1.61. The molecule has 0 spiro atoms. The molecule has 0 amide bonds. The zero-order valence-corrected chi connectivity index (χ0v) is 10.6. The quantitative estimate of drug-likeness (QED) is 0.814. The van der Waals surface area contributed by atoms with Crippen LogP contribution in [0.3, 0.4) is 0 Å². The van der Waals surface area contributed by atoms with E-state index in [4.69, 9.17) is 10.5 Å². The Bertz CT molecular complexity index is 523. The standard InChI is InChI=1S/C12H17N5O/c1-3-4-7-17-12(14-15-16-17)10-6-5-9(13)8-11(10)18-2/h5-6,8H,3-4,7,13H2,1-2H3. The first-order valence-corrected chi connectivity index (χ1v) is 5.96. The van der Waals surface area contributed by atoms with Crippen LogP contribution >= 0.6 is 0 Å². The van der Waals surface area contributed by atoms with Crippen molar-refractivity contribution in [1.29, 1.82) is 0 Å². The van der Waals surface area contributed by atoms with E-state index >= 15 is 0 Å². The van der Waals surface area contributed by atoms with Gasteiger partial charge in [-0.25, -0.2) is 4.68 Å². The molecule has 0 aliphatic rings. The van der Waals surface area contributed by atoms with Crippen molar-refractivity contribution in [3.05, 3.63) is 18.2 Å². The third kappa shape index (κ3) is 2.42. The maximum absolute atomic E-state index is 5.74. The van der Waals surface area contributed by atoms with Gasteiger partial charge >= 0.3 is 0 Å². The molecule has 6 nitrogen and oxygen atoms in total. The smallest absolute Gasteiger partial charge is 0.185 e. The van der Waals surface area contributed by atoms with Gasteiger partial charge in [-0.05, 0) is 29.0 Å². The molecule has 2 rings (SSSR count). The highest BCUT2D eigenvalue weighted by Crippen LogP contribution is 2.29. The monoisotopic (exact) mass is 247 g/mol. The van der Waals surface area contributed by atoms with Crippen molar-refractivity contribution in [1.82, 2.24) is 20.2 Å². The van der Waals surface area contributed by atoms with Gasteiger partial charge in [-0.15, -0.1) is 5.10 Å². The second-order valence-electron chi connectivity index (χ2n) is 4.04. The number of nitrogen functional groups attached to an aromatic ring is 1. The summed E-state index contributed by atoms with van der Waals surface area (Å²) in [6.45, 7) is 2.93. The van der Waals surface area contributed by atoms with Crippen LogP contribution in [-0.2, 0) is 6.54 Å². The highest BCUT2D eigenvalue weighted by atomic mass is 16.5. The zero-order valence-electron chi connectivity index (χ0n) is 10.6. The number of aromatic nitrogens is 4. The van der Waals surface area contributed by atoms with Gasteiger partial charge in [0.15, 0.2) is 5.82 Å². The lowest BCUT2D eigenvalue weighted by molar-refractivity contribution is 0.416. The first kappa shape index (κ1) is 12.3. The van der Waals surface area contributed by atoms with Crippen LogP contribution in [0.15, 0.2) is 18.2 Å². The normalized spacial score (nSPS) is 10.6. The molecule has 0 radical (unpaired) electrons. The molecule has 96 valence electrons. The summed E-state index contributed by atoms with van der Waals surface area (Å²) in [5.41, 5.74) is 7.25. The van der Waals surface area contributed by atoms with Gasteiger partial charge < -0.3 is 10.5 Å². The van der Waals surface area contributed by atoms with Crippen LogP contribution in [0.25, 0.3) is 11.4 Å². The molecule has 1 aromatic heterocycles. The van der Waals surface area contributed by atoms with E-state index in [9.17, 15) is 0 Å². The Balaban J connectivity index is 2.39. The van der Waals surface area contributed by atoms with E-state index in [0.717, 1.165) is 24.9 Å². The molecular weight excluding hydrogens is 230 g/mol. The van der Waals surface area contributed by atoms with E-state index < -0.39 is 0 Å². The van der Waals surface area contributed by atoms with Gasteiger partial charge in [-0.1, -0.05) is 13.3 Å². The highest BCUT2D eigenvalue weighted by molar-refractivity contribution is 5.67. The molecule has 18 heavy (non-hydrogen) atoms. The fourth-order valence-corrected chi connectivity index (χ4v) is 1.75. The van der Waals surface area contributed by atoms with Crippen molar-refractivity contribution in [2.24, 2.45) is 0 Å². The van der Waals surface area contributed by atoms with Crippen LogP contribution in [0.1, 0.15) is 19.8 Å². The third-order valence-electron chi connectivity index (χ3n) is 2.72. The minimum atomic E-state index is 0.656. The van der Waals surface area contributed by atoms with Gasteiger partial charge in [0.05, 0.1) is 12.7 Å². The van der Waals surface area contributed by atoms with Gasteiger partial charge in [0.2, 0.25) is 0 Å². The molecule has 0 unspecified atom stereocenters. The molecule has 2 N–H and O–H groups in total. The minimum Gasteiger partial charge on any atom is -0.496 e. The summed E-state index contributed by atoms with van der Waals surface area (Å²) < 4.78 is 7.11. The van der Waals surface area contributed by atoms with E-state index in [1.807, 2.05) is 12.1 Å². The number of rotatable bonds is 5. The average molecular weight is 247 g/mol. The fraction of sp³-hybridized carbons (Fsp3) is 0.417. The number of anilines is 1. The van der Waals surface area contributed by atoms with Gasteiger partial charge in [0.1, 0.15) is 5.75 Å². The topological polar surface area (TPSA) is 78.9 Å². The van der Waals surface area contributed by atoms with Gasteiger partial charge in [-0.2, -0.15) is 0 Å². The largest absolute Gasteiger partial charge is 0.496 e. The van der Waals surface area contributed by atoms with Crippen LogP contribution < -0.4 is 10.5 Å². The summed E-state index contributed by atoms with van der Waals surface area (Å²) >= 11 is 0. The van der Waals surface area contributed by atoms with Crippen LogP contribution in [0, 0.1) is 0 Å². The summed E-state index contributed by atoms with van der Waals surface area (Å²) in [6.07, 6.45) is 2.13. The lowest BCUT2D eigenvalue weighted by atomic mass is 10.1. The predicted octanol–water partition coefficient (Wildman–Crippen LogP) is 1.73. The Morgan fingerprint density at radius 1 is 1.39 bits per heavy atom. The lowest BCUT2D eigenvalue weighted by Gasteiger charge is -2.09. The molecular formula is C12H17N5O. The van der Waals surface area contributed by atoms with Crippen molar-refractivity contribution in [2.75, 3.05) is 12.8 Å². The molecule has 0 fully saturated rings. The van der Waals surface area contributed by atoms with Gasteiger partial charge in [0, 0.05) is 18.3 Å². The number of nitrogens with two attached hydrogens (primary N) is 1. The zero-order chi connectivity index (χ0) is 13.0. The third-order valence-corrected chi connectivity index (χ3v) is 2.72. The first-order valence-electron chi connectivity index (χ1n) is 5.96. The van der Waals surface area contributed by atoms with Crippen LogP contribution in [0.5, 0.6) is 5.75 Å². The first-order chi connectivity index (χ1) is 8.76. The van der Waals surface area contributed by atoms with Crippen molar-refractivity contribution >= 4 is 5.69 Å². The Hall–Kier alpha value is -2.11. The average Bonchev–Trinajstić information content (AvgIpc) is 2.84. The van der Waals surface area contributed by atoms with Crippen LogP contribution in [-0.4, -0.2) is 27.3 Å². The highest BCUT2D eigenvalue weighted by Gasteiger charge is 2.13. The number of unbranched alkanes of at least 4 members (excludes halogenated alkanes) is 1. The van der Waals surface area contributed by atoms with Crippen LogP contribution in [0.2, 0.25) is 0 Å². The number of aryl methyl sites for hydroxylation is 1. The molecule has 0 saturated carbocycles. The molecule has 0 bridgehead atoms. The van der Waals surface area contributed by atoms with E-state index in [2.05, 4.69) is 22.4 Å². The van der Waals surface area contributed by atoms with E-state index in [1.165, 1.54) is 0 Å². The molecule has 6 heteroatoms. The van der Waals surface area contributed by atoms with E-state index in [0.29, 0.717) is 17.3 Å². The molecule has 0 saturated heterocycles. The van der Waals surface area contributed by atoms with Crippen molar-refractivity contribution in [3.63, 3.8) is 0 Å². The van der Waals surface area contributed by atoms with Crippen LogP contribution in [0.4, 0.5) is 5.69 Å². The molecule has 2 aromatic rings. The second kappa shape index (κ2) is 5.48. The summed E-state index contributed by atoms with van der Waals surface area (Å²) in [4.78, 5) is 0. The molecule has 0 atom stereocenters. The molecule has 1 heterocycles. The number of ether oxygens (including phenoxy) is 1. The Morgan fingerprint density at radius 2 is 2.22 bits per heavy atom.